The molecule has 1 aromatic heterocycles. The van der Waals surface area contributed by atoms with Gasteiger partial charge in [-0.1, -0.05) is 34.1 Å². The zero-order valence-electron chi connectivity index (χ0n) is 14.5. The zero-order valence-corrected chi connectivity index (χ0v) is 16.1. The molecule has 5 nitrogen and oxygen atoms in total. The van der Waals surface area contributed by atoms with Crippen LogP contribution in [0.25, 0.3) is 11.0 Å². The average Bonchev–Trinajstić information content (AvgIpc) is 2.67. The second kappa shape index (κ2) is 7.03. The Balaban J connectivity index is 1.50. The molecule has 0 saturated carbocycles. The minimum atomic E-state index is 0.0762. The van der Waals surface area contributed by atoms with Crippen molar-refractivity contribution < 1.29 is 4.79 Å². The SMILES string of the molecule is Cc1nc2ccccc2nc1N1CCN(C(=O)c2cccc(Br)c2)CC1. The van der Waals surface area contributed by atoms with Gasteiger partial charge in [0.05, 0.1) is 16.7 Å². The lowest BCUT2D eigenvalue weighted by molar-refractivity contribution is 0.0746. The number of nitrogens with zero attached hydrogens (tertiary/aromatic N) is 4. The van der Waals surface area contributed by atoms with E-state index in [0.717, 1.165) is 45.7 Å². The van der Waals surface area contributed by atoms with Gasteiger partial charge in [0.15, 0.2) is 5.82 Å². The van der Waals surface area contributed by atoms with Gasteiger partial charge in [-0.25, -0.2) is 9.97 Å². The van der Waals surface area contributed by atoms with Crippen LogP contribution in [-0.2, 0) is 0 Å². The molecule has 0 unspecified atom stereocenters. The summed E-state index contributed by atoms with van der Waals surface area (Å²) < 4.78 is 0.920. The van der Waals surface area contributed by atoms with Gasteiger partial charge in [-0.15, -0.1) is 0 Å². The molecule has 2 aromatic carbocycles. The van der Waals surface area contributed by atoms with Gasteiger partial charge in [0.2, 0.25) is 0 Å². The highest BCUT2D eigenvalue weighted by Crippen LogP contribution is 2.22. The van der Waals surface area contributed by atoms with Crippen LogP contribution in [0.5, 0.6) is 0 Å². The molecule has 0 bridgehead atoms. The first kappa shape index (κ1) is 17.0. The Labute approximate surface area is 160 Å². The highest BCUT2D eigenvalue weighted by atomic mass is 79.9. The van der Waals surface area contributed by atoms with E-state index in [1.165, 1.54) is 0 Å². The smallest absolute Gasteiger partial charge is 0.254 e. The van der Waals surface area contributed by atoms with Crippen molar-refractivity contribution in [3.8, 4) is 0 Å². The van der Waals surface area contributed by atoms with Crippen LogP contribution < -0.4 is 4.90 Å². The van der Waals surface area contributed by atoms with Gasteiger partial charge in [0.1, 0.15) is 0 Å². The molecule has 26 heavy (non-hydrogen) atoms. The fourth-order valence-electron chi connectivity index (χ4n) is 3.30. The minimum Gasteiger partial charge on any atom is -0.352 e. The first-order chi connectivity index (χ1) is 12.6. The van der Waals surface area contributed by atoms with Gasteiger partial charge in [-0.05, 0) is 37.3 Å². The first-order valence-corrected chi connectivity index (χ1v) is 9.44. The highest BCUT2D eigenvalue weighted by Gasteiger charge is 2.24. The third-order valence-corrected chi connectivity index (χ3v) is 5.15. The van der Waals surface area contributed by atoms with Gasteiger partial charge >= 0.3 is 0 Å². The van der Waals surface area contributed by atoms with Crippen molar-refractivity contribution in [3.05, 3.63) is 64.3 Å². The Morgan fingerprint density at radius 3 is 2.35 bits per heavy atom. The molecule has 2 heterocycles. The quantitative estimate of drug-likeness (QED) is 0.646. The number of amides is 1. The molecule has 4 rings (SSSR count). The number of aryl methyl sites for hydroxylation is 1. The molecule has 0 aliphatic carbocycles. The van der Waals surface area contributed by atoms with Crippen LogP contribution in [0.2, 0.25) is 0 Å². The fourth-order valence-corrected chi connectivity index (χ4v) is 3.70. The third-order valence-electron chi connectivity index (χ3n) is 4.66. The van der Waals surface area contributed by atoms with Crippen molar-refractivity contribution >= 4 is 38.7 Å². The number of halogens is 1. The van der Waals surface area contributed by atoms with E-state index in [4.69, 9.17) is 4.98 Å². The Kier molecular flexibility index (Phi) is 4.59. The van der Waals surface area contributed by atoms with Gasteiger partial charge in [0.25, 0.3) is 5.91 Å². The number of para-hydroxylation sites is 2. The summed E-state index contributed by atoms with van der Waals surface area (Å²) in [7, 11) is 0. The van der Waals surface area contributed by atoms with Gasteiger partial charge in [-0.2, -0.15) is 0 Å². The summed E-state index contributed by atoms with van der Waals surface area (Å²) in [6.07, 6.45) is 0. The Morgan fingerprint density at radius 2 is 1.65 bits per heavy atom. The zero-order chi connectivity index (χ0) is 18.1. The summed E-state index contributed by atoms with van der Waals surface area (Å²) in [4.78, 5) is 26.3. The van der Waals surface area contributed by atoms with E-state index >= 15 is 0 Å². The number of benzene rings is 2. The Bertz CT molecular complexity index is 967. The number of hydrogen-bond donors (Lipinski definition) is 0. The molecule has 1 aliphatic rings. The Hall–Kier alpha value is -2.47. The minimum absolute atomic E-state index is 0.0762. The standard InChI is InChI=1S/C20H19BrN4O/c1-14-19(23-18-8-3-2-7-17(18)22-14)24-9-11-25(12-10-24)20(26)15-5-4-6-16(21)13-15/h2-8,13H,9-12H2,1H3. The molecule has 3 aromatic rings. The molecular weight excluding hydrogens is 392 g/mol. The lowest BCUT2D eigenvalue weighted by Crippen LogP contribution is -2.49. The van der Waals surface area contributed by atoms with E-state index < -0.39 is 0 Å². The molecule has 1 aliphatic heterocycles. The molecule has 1 fully saturated rings. The maximum absolute atomic E-state index is 12.7. The van der Waals surface area contributed by atoms with Crippen LogP contribution in [0.1, 0.15) is 16.1 Å². The van der Waals surface area contributed by atoms with Gasteiger partial charge in [0, 0.05) is 36.2 Å². The van der Waals surface area contributed by atoms with E-state index in [-0.39, 0.29) is 5.91 Å². The molecule has 6 heteroatoms. The number of piperazine rings is 1. The average molecular weight is 411 g/mol. The van der Waals surface area contributed by atoms with Crippen molar-refractivity contribution in [1.82, 2.24) is 14.9 Å². The summed E-state index contributed by atoms with van der Waals surface area (Å²) >= 11 is 3.43. The van der Waals surface area contributed by atoms with E-state index in [2.05, 4.69) is 25.8 Å². The van der Waals surface area contributed by atoms with Crippen molar-refractivity contribution in [2.24, 2.45) is 0 Å². The summed E-state index contributed by atoms with van der Waals surface area (Å²) in [5.74, 6) is 0.991. The second-order valence-corrected chi connectivity index (χ2v) is 7.33. The van der Waals surface area contributed by atoms with Crippen molar-refractivity contribution in [1.29, 1.82) is 0 Å². The molecule has 1 amide bonds. The van der Waals surface area contributed by atoms with Crippen LogP contribution in [0, 0.1) is 6.92 Å². The van der Waals surface area contributed by atoms with Crippen molar-refractivity contribution in [2.75, 3.05) is 31.1 Å². The van der Waals surface area contributed by atoms with E-state index in [1.54, 1.807) is 0 Å². The third kappa shape index (κ3) is 3.29. The highest BCUT2D eigenvalue weighted by molar-refractivity contribution is 9.10. The van der Waals surface area contributed by atoms with Crippen LogP contribution in [0.3, 0.4) is 0 Å². The lowest BCUT2D eigenvalue weighted by atomic mass is 10.2. The maximum atomic E-state index is 12.7. The molecule has 1 saturated heterocycles. The molecular formula is C20H19BrN4O. The predicted octanol–water partition coefficient (Wildman–Crippen LogP) is 3.66. The monoisotopic (exact) mass is 410 g/mol. The number of carbonyl (C=O) groups is 1. The maximum Gasteiger partial charge on any atom is 0.254 e. The van der Waals surface area contributed by atoms with Crippen molar-refractivity contribution in [3.63, 3.8) is 0 Å². The van der Waals surface area contributed by atoms with Gasteiger partial charge in [-0.3, -0.25) is 4.79 Å². The topological polar surface area (TPSA) is 49.3 Å². The lowest BCUT2D eigenvalue weighted by Gasteiger charge is -2.36. The number of fused-ring (bicyclic) bond motifs is 1. The summed E-state index contributed by atoms with van der Waals surface area (Å²) in [5.41, 5.74) is 3.46. The summed E-state index contributed by atoms with van der Waals surface area (Å²) in [6, 6.07) is 15.5. The second-order valence-electron chi connectivity index (χ2n) is 6.41. The van der Waals surface area contributed by atoms with E-state index in [0.29, 0.717) is 13.1 Å². The molecule has 132 valence electrons. The normalized spacial score (nSPS) is 14.7. The molecule has 0 radical (unpaired) electrons. The predicted molar refractivity (Wildman–Crippen MR) is 107 cm³/mol. The first-order valence-electron chi connectivity index (χ1n) is 8.65. The summed E-state index contributed by atoms with van der Waals surface area (Å²) in [6.45, 7) is 4.87. The summed E-state index contributed by atoms with van der Waals surface area (Å²) in [5, 5.41) is 0. The molecule has 0 N–H and O–H groups in total. The van der Waals surface area contributed by atoms with Gasteiger partial charge < -0.3 is 9.80 Å². The number of carbonyl (C=O) groups excluding carboxylic acids is 1. The van der Waals surface area contributed by atoms with Crippen LogP contribution in [0.15, 0.2) is 53.0 Å². The van der Waals surface area contributed by atoms with Crippen molar-refractivity contribution in [2.45, 2.75) is 6.92 Å². The molecule has 0 atom stereocenters. The fraction of sp³-hybridized carbons (Fsp3) is 0.250. The number of anilines is 1. The molecule has 0 spiro atoms. The van der Waals surface area contributed by atoms with Crippen LogP contribution >= 0.6 is 15.9 Å². The number of hydrogen-bond acceptors (Lipinski definition) is 4. The van der Waals surface area contributed by atoms with E-state index in [1.807, 2.05) is 60.4 Å². The largest absolute Gasteiger partial charge is 0.352 e. The number of aromatic nitrogens is 2. The van der Waals surface area contributed by atoms with E-state index in [9.17, 15) is 4.79 Å². The number of rotatable bonds is 2. The Morgan fingerprint density at radius 1 is 0.962 bits per heavy atom. The van der Waals surface area contributed by atoms with Crippen LogP contribution in [0.4, 0.5) is 5.82 Å². The van der Waals surface area contributed by atoms with Crippen LogP contribution in [-0.4, -0.2) is 47.0 Å².